The van der Waals surface area contributed by atoms with E-state index in [9.17, 15) is 4.79 Å². The third-order valence-corrected chi connectivity index (χ3v) is 7.08. The van der Waals surface area contributed by atoms with Crippen LogP contribution in [-0.4, -0.2) is 76.7 Å². The highest BCUT2D eigenvalue weighted by molar-refractivity contribution is 7.09. The van der Waals surface area contributed by atoms with Gasteiger partial charge in [-0.05, 0) is 51.7 Å². The van der Waals surface area contributed by atoms with Crippen LogP contribution in [-0.2, 0) is 25.9 Å². The summed E-state index contributed by atoms with van der Waals surface area (Å²) >= 11 is 1.81. The van der Waals surface area contributed by atoms with Gasteiger partial charge in [0.15, 0.2) is 5.69 Å². The Hall–Kier alpha value is -1.70. The zero-order valence-corrected chi connectivity index (χ0v) is 18.0. The van der Waals surface area contributed by atoms with Crippen LogP contribution in [0.3, 0.4) is 0 Å². The van der Waals surface area contributed by atoms with Gasteiger partial charge < -0.3 is 9.80 Å². The zero-order chi connectivity index (χ0) is 19.7. The third-order valence-electron chi connectivity index (χ3n) is 6.22. The van der Waals surface area contributed by atoms with Crippen LogP contribution in [0.2, 0.25) is 0 Å². The molecule has 1 aliphatic heterocycles. The molecule has 3 heterocycles. The quantitative estimate of drug-likeness (QED) is 0.771. The number of hydrogen-bond acceptors (Lipinski definition) is 5. The molecule has 1 aliphatic carbocycles. The molecule has 0 aromatic carbocycles. The minimum absolute atomic E-state index is 0.123. The first kappa shape index (κ1) is 19.6. The van der Waals surface area contributed by atoms with Crippen LogP contribution < -0.4 is 0 Å². The van der Waals surface area contributed by atoms with E-state index >= 15 is 0 Å². The van der Waals surface area contributed by atoms with Crippen LogP contribution >= 0.6 is 11.3 Å². The van der Waals surface area contributed by atoms with Gasteiger partial charge in [-0.2, -0.15) is 5.10 Å². The van der Waals surface area contributed by atoms with E-state index in [1.54, 1.807) is 0 Å². The van der Waals surface area contributed by atoms with Crippen molar-refractivity contribution >= 4 is 17.2 Å². The number of piperazine rings is 1. The van der Waals surface area contributed by atoms with Crippen molar-refractivity contribution in [1.82, 2.24) is 24.5 Å². The lowest BCUT2D eigenvalue weighted by atomic mass is 9.90. The lowest BCUT2D eigenvalue weighted by molar-refractivity contribution is 0.0655. The van der Waals surface area contributed by atoms with Crippen molar-refractivity contribution < 1.29 is 4.79 Å². The van der Waals surface area contributed by atoms with Crippen molar-refractivity contribution in [2.45, 2.75) is 45.3 Å². The van der Waals surface area contributed by atoms with E-state index in [-0.39, 0.29) is 5.91 Å². The summed E-state index contributed by atoms with van der Waals surface area (Å²) in [6.07, 6.45) is 3.06. The normalized spacial score (nSPS) is 20.6. The van der Waals surface area contributed by atoms with E-state index in [0.29, 0.717) is 11.7 Å². The number of aryl methyl sites for hydroxylation is 1. The highest BCUT2D eigenvalue weighted by atomic mass is 32.1. The standard InChI is InChI=1S/C21H31N5OS/c1-4-26-19-8-7-16(24(3)15-17-6-5-13-28-17)14-18(19)20(22-26)21(27)25-11-9-23(2)10-12-25/h5-6,13,16H,4,7-12,14-15H2,1-3H3. The molecule has 2 aliphatic rings. The van der Waals surface area contributed by atoms with Crippen LogP contribution in [0.4, 0.5) is 0 Å². The Morgan fingerprint density at radius 1 is 1.32 bits per heavy atom. The summed E-state index contributed by atoms with van der Waals surface area (Å²) in [4.78, 5) is 21.4. The second-order valence-corrected chi connectivity index (χ2v) is 9.11. The van der Waals surface area contributed by atoms with E-state index in [1.165, 1.54) is 16.1 Å². The van der Waals surface area contributed by atoms with Gasteiger partial charge >= 0.3 is 0 Å². The fourth-order valence-corrected chi connectivity index (χ4v) is 5.18. The monoisotopic (exact) mass is 401 g/mol. The molecule has 2 aromatic heterocycles. The first-order valence-electron chi connectivity index (χ1n) is 10.4. The molecule has 4 rings (SSSR count). The summed E-state index contributed by atoms with van der Waals surface area (Å²) < 4.78 is 2.06. The Labute approximate surface area is 171 Å². The molecule has 1 unspecified atom stereocenters. The number of rotatable bonds is 5. The fourth-order valence-electron chi connectivity index (χ4n) is 4.42. The van der Waals surface area contributed by atoms with Gasteiger partial charge in [0.05, 0.1) is 0 Å². The molecule has 2 aromatic rings. The second-order valence-electron chi connectivity index (χ2n) is 8.08. The highest BCUT2D eigenvalue weighted by Gasteiger charge is 2.32. The summed E-state index contributed by atoms with van der Waals surface area (Å²) in [5.41, 5.74) is 3.18. The van der Waals surface area contributed by atoms with Crippen LogP contribution in [0.1, 0.15) is 40.0 Å². The largest absolute Gasteiger partial charge is 0.335 e. The Morgan fingerprint density at radius 2 is 2.11 bits per heavy atom. The number of carbonyl (C=O) groups is 1. The average Bonchev–Trinajstić information content (AvgIpc) is 3.35. The van der Waals surface area contributed by atoms with Crippen LogP contribution in [0.25, 0.3) is 0 Å². The number of likely N-dealkylation sites (N-methyl/N-ethyl adjacent to an activating group) is 2. The lowest BCUT2D eigenvalue weighted by Gasteiger charge is -2.33. The van der Waals surface area contributed by atoms with Gasteiger partial charge in [0.1, 0.15) is 0 Å². The molecule has 28 heavy (non-hydrogen) atoms. The van der Waals surface area contributed by atoms with Crippen molar-refractivity contribution in [1.29, 1.82) is 0 Å². The summed E-state index contributed by atoms with van der Waals surface area (Å²) in [5.74, 6) is 0.123. The fraction of sp³-hybridized carbons (Fsp3) is 0.619. The summed E-state index contributed by atoms with van der Waals surface area (Å²) in [7, 11) is 4.32. The van der Waals surface area contributed by atoms with Gasteiger partial charge in [-0.3, -0.25) is 14.4 Å². The SMILES string of the molecule is CCn1nc(C(=O)N2CCN(C)CC2)c2c1CCC(N(C)Cc1cccs1)C2. The molecular formula is C21H31N5OS. The van der Waals surface area contributed by atoms with Crippen molar-refractivity contribution in [2.75, 3.05) is 40.3 Å². The molecule has 0 spiro atoms. The highest BCUT2D eigenvalue weighted by Crippen LogP contribution is 2.29. The summed E-state index contributed by atoms with van der Waals surface area (Å²) in [6, 6.07) is 4.78. The summed E-state index contributed by atoms with van der Waals surface area (Å²) in [5, 5.41) is 6.91. The molecule has 152 valence electrons. The summed E-state index contributed by atoms with van der Waals surface area (Å²) in [6.45, 7) is 7.39. The van der Waals surface area contributed by atoms with E-state index in [4.69, 9.17) is 5.10 Å². The maximum absolute atomic E-state index is 13.3. The predicted octanol–water partition coefficient (Wildman–Crippen LogP) is 2.34. The Bertz CT molecular complexity index is 807. The molecule has 6 nitrogen and oxygen atoms in total. The van der Waals surface area contributed by atoms with Crippen LogP contribution in [0.5, 0.6) is 0 Å². The minimum Gasteiger partial charge on any atom is -0.335 e. The van der Waals surface area contributed by atoms with Crippen molar-refractivity contribution in [3.05, 3.63) is 39.3 Å². The van der Waals surface area contributed by atoms with Gasteiger partial charge in [0.2, 0.25) is 0 Å². The number of carbonyl (C=O) groups excluding carboxylic acids is 1. The molecule has 7 heteroatoms. The predicted molar refractivity (Wildman–Crippen MR) is 113 cm³/mol. The Balaban J connectivity index is 1.54. The maximum atomic E-state index is 13.3. The zero-order valence-electron chi connectivity index (χ0n) is 17.2. The number of nitrogens with zero attached hydrogens (tertiary/aromatic N) is 5. The van der Waals surface area contributed by atoms with Gasteiger partial charge in [0, 0.05) is 61.4 Å². The van der Waals surface area contributed by atoms with E-state index in [0.717, 1.165) is 58.5 Å². The third kappa shape index (κ3) is 3.88. The number of hydrogen-bond donors (Lipinski definition) is 0. The molecular weight excluding hydrogens is 370 g/mol. The van der Waals surface area contributed by atoms with E-state index in [1.807, 2.05) is 16.2 Å². The number of amides is 1. The molecule has 0 N–H and O–H groups in total. The molecule has 1 fully saturated rings. The van der Waals surface area contributed by atoms with E-state index in [2.05, 4.69) is 53.0 Å². The molecule has 1 atom stereocenters. The Morgan fingerprint density at radius 3 is 2.79 bits per heavy atom. The van der Waals surface area contributed by atoms with Crippen molar-refractivity contribution in [3.63, 3.8) is 0 Å². The molecule has 0 saturated carbocycles. The Kier molecular flexibility index (Phi) is 5.85. The lowest BCUT2D eigenvalue weighted by Crippen LogP contribution is -2.47. The number of aromatic nitrogens is 2. The van der Waals surface area contributed by atoms with Crippen molar-refractivity contribution in [3.8, 4) is 0 Å². The van der Waals surface area contributed by atoms with Crippen LogP contribution in [0.15, 0.2) is 17.5 Å². The van der Waals surface area contributed by atoms with E-state index < -0.39 is 0 Å². The van der Waals surface area contributed by atoms with Gasteiger partial charge in [-0.1, -0.05) is 6.07 Å². The smallest absolute Gasteiger partial charge is 0.274 e. The second kappa shape index (κ2) is 8.35. The topological polar surface area (TPSA) is 44.6 Å². The van der Waals surface area contributed by atoms with Gasteiger partial charge in [-0.15, -0.1) is 11.3 Å². The molecule has 1 amide bonds. The number of fused-ring (bicyclic) bond motifs is 1. The molecule has 0 radical (unpaired) electrons. The van der Waals surface area contributed by atoms with Gasteiger partial charge in [-0.25, -0.2) is 0 Å². The molecule has 1 saturated heterocycles. The van der Waals surface area contributed by atoms with Crippen molar-refractivity contribution in [2.24, 2.45) is 0 Å². The average molecular weight is 402 g/mol. The molecule has 0 bridgehead atoms. The maximum Gasteiger partial charge on any atom is 0.274 e. The minimum atomic E-state index is 0.123. The van der Waals surface area contributed by atoms with Gasteiger partial charge in [0.25, 0.3) is 5.91 Å². The first-order valence-corrected chi connectivity index (χ1v) is 11.2. The first-order chi connectivity index (χ1) is 13.6. The van der Waals surface area contributed by atoms with Crippen LogP contribution in [0, 0.1) is 0 Å². The number of thiophene rings is 1.